The summed E-state index contributed by atoms with van der Waals surface area (Å²) in [7, 11) is 4.45. The first kappa shape index (κ1) is 32.8. The molecule has 2 rings (SSSR count). The maximum Gasteiger partial charge on any atom is 0.333 e. The third kappa shape index (κ3) is 14.8. The van der Waals surface area contributed by atoms with Crippen molar-refractivity contribution in [2.24, 2.45) is 5.73 Å². The summed E-state index contributed by atoms with van der Waals surface area (Å²) in [5.41, 5.74) is 6.34. The number of hydrogen-bond donors (Lipinski definition) is 5. The number of nitrogens with two attached hydrogens (primary N) is 1. The van der Waals surface area contributed by atoms with E-state index in [1.165, 1.54) is 0 Å². The summed E-state index contributed by atoms with van der Waals surface area (Å²) in [6.07, 6.45) is -2.07. The number of hydrogen-bond acceptors (Lipinski definition) is 11. The molecule has 35 heavy (non-hydrogen) atoms. The molecule has 0 spiro atoms. The van der Waals surface area contributed by atoms with Gasteiger partial charge in [-0.3, -0.25) is 4.79 Å². The Hall–Kier alpha value is -2.16. The van der Waals surface area contributed by atoms with E-state index in [0.29, 0.717) is 44.8 Å². The first-order chi connectivity index (χ1) is 16.9. The minimum absolute atomic E-state index is 0.0164. The molecule has 0 aromatic heterocycles. The average Bonchev–Trinajstić information content (AvgIpc) is 2.86. The molecular formula is C23H40N2O10. The highest BCUT2D eigenvalue weighted by molar-refractivity contribution is 5.79. The zero-order valence-corrected chi connectivity index (χ0v) is 20.7. The van der Waals surface area contributed by atoms with E-state index in [-0.39, 0.29) is 18.6 Å². The molecule has 3 unspecified atom stereocenters. The van der Waals surface area contributed by atoms with Crippen LogP contribution in [-0.4, -0.2) is 107 Å². The molecule has 1 aliphatic heterocycles. The molecule has 1 saturated heterocycles. The van der Waals surface area contributed by atoms with Gasteiger partial charge in [-0.15, -0.1) is 0 Å². The van der Waals surface area contributed by atoms with Crippen LogP contribution in [0.1, 0.15) is 28.8 Å². The molecule has 3 atom stereocenters. The van der Waals surface area contributed by atoms with Crippen molar-refractivity contribution in [3.63, 3.8) is 0 Å². The first-order valence-corrected chi connectivity index (χ1v) is 11.2. The van der Waals surface area contributed by atoms with Crippen LogP contribution in [-0.2, 0) is 30.3 Å². The molecule has 12 heteroatoms. The Kier molecular flexibility index (Phi) is 19.8. The minimum atomic E-state index is -1.15. The monoisotopic (exact) mass is 504 g/mol. The number of carboxylic acids is 1. The number of carbonyl (C=O) groups excluding carboxylic acids is 1. The third-order valence-corrected chi connectivity index (χ3v) is 4.44. The molecule has 0 radical (unpaired) electrons. The topological polar surface area (TPSA) is 179 Å². The lowest BCUT2D eigenvalue weighted by atomic mass is 10.1. The lowest BCUT2D eigenvalue weighted by Gasteiger charge is -2.31. The highest BCUT2D eigenvalue weighted by Crippen LogP contribution is 2.26. The Morgan fingerprint density at radius 2 is 1.89 bits per heavy atom. The van der Waals surface area contributed by atoms with Crippen molar-refractivity contribution in [1.29, 1.82) is 0 Å². The number of ether oxygens (including phenoxy) is 5. The normalized spacial score (nSPS) is 19.0. The molecule has 6 N–H and O–H groups in total. The molecule has 0 aliphatic carbocycles. The number of rotatable bonds is 14. The molecule has 1 heterocycles. The van der Waals surface area contributed by atoms with Gasteiger partial charge in [0.1, 0.15) is 5.75 Å². The number of carbonyl (C=O) groups is 2. The number of carboxylic acid groups (broad SMARTS) is 1. The van der Waals surface area contributed by atoms with Crippen LogP contribution >= 0.6 is 0 Å². The minimum Gasteiger partial charge on any atom is -0.479 e. The fourth-order valence-electron chi connectivity index (χ4n) is 2.87. The summed E-state index contributed by atoms with van der Waals surface area (Å²) >= 11 is 0. The van der Waals surface area contributed by atoms with Crippen molar-refractivity contribution in [3.05, 3.63) is 29.3 Å². The predicted octanol–water partition coefficient (Wildman–Crippen LogP) is -0.219. The van der Waals surface area contributed by atoms with Crippen molar-refractivity contribution >= 4 is 12.3 Å². The standard InChI is InChI=1S/C15H18O7.C7H18N2O2.CH4O/c1-20-8-9-2-3-12(10(4-9)7-16)21-14-6-11(17)5-13(22-14)15(18)19;1-9-3-5-11-7-6-10-4-2-8;1-2/h2-4,7,11,13-14,17H,5-6,8H2,1H3,(H,18,19);9H,2-8H2,1H3;2H,1H3. The van der Waals surface area contributed by atoms with Crippen molar-refractivity contribution in [3.8, 4) is 5.75 Å². The Balaban J connectivity index is 0.000000754. The second-order valence-electron chi connectivity index (χ2n) is 7.18. The van der Waals surface area contributed by atoms with Crippen molar-refractivity contribution in [2.45, 2.75) is 37.9 Å². The third-order valence-electron chi connectivity index (χ3n) is 4.44. The molecule has 1 fully saturated rings. The van der Waals surface area contributed by atoms with Gasteiger partial charge in [-0.1, -0.05) is 6.07 Å². The quantitative estimate of drug-likeness (QED) is 0.166. The Morgan fingerprint density at radius 3 is 2.46 bits per heavy atom. The van der Waals surface area contributed by atoms with Gasteiger partial charge < -0.3 is 50.1 Å². The van der Waals surface area contributed by atoms with Crippen LogP contribution in [0.2, 0.25) is 0 Å². The number of aliphatic hydroxyl groups excluding tert-OH is 2. The zero-order chi connectivity index (χ0) is 26.5. The highest BCUT2D eigenvalue weighted by Gasteiger charge is 2.34. The Labute approximate surface area is 206 Å². The Morgan fingerprint density at radius 1 is 1.20 bits per heavy atom. The number of methoxy groups -OCH3 is 1. The van der Waals surface area contributed by atoms with Crippen LogP contribution in [0.3, 0.4) is 0 Å². The van der Waals surface area contributed by atoms with E-state index < -0.39 is 24.5 Å². The van der Waals surface area contributed by atoms with Crippen LogP contribution in [0.15, 0.2) is 18.2 Å². The number of aliphatic hydroxyl groups is 2. The second kappa shape index (κ2) is 21.1. The van der Waals surface area contributed by atoms with E-state index in [1.54, 1.807) is 25.3 Å². The van der Waals surface area contributed by atoms with E-state index in [4.69, 9.17) is 39.6 Å². The number of likely N-dealkylation sites (N-methyl/N-ethyl adjacent to an activating group) is 1. The van der Waals surface area contributed by atoms with Crippen LogP contribution in [0.5, 0.6) is 5.75 Å². The van der Waals surface area contributed by atoms with E-state index >= 15 is 0 Å². The predicted molar refractivity (Wildman–Crippen MR) is 127 cm³/mol. The van der Waals surface area contributed by atoms with E-state index in [1.807, 2.05) is 7.05 Å². The summed E-state index contributed by atoms with van der Waals surface area (Å²) in [4.78, 5) is 22.1. The summed E-state index contributed by atoms with van der Waals surface area (Å²) in [5.74, 6) is -0.878. The molecule has 0 saturated carbocycles. The summed E-state index contributed by atoms with van der Waals surface area (Å²) in [5, 5.41) is 28.7. The van der Waals surface area contributed by atoms with E-state index in [9.17, 15) is 14.7 Å². The van der Waals surface area contributed by atoms with Gasteiger partial charge in [0.25, 0.3) is 0 Å². The van der Waals surface area contributed by atoms with Gasteiger partial charge >= 0.3 is 5.97 Å². The molecule has 0 bridgehead atoms. The fraction of sp³-hybridized carbons (Fsp3) is 0.652. The molecule has 1 aromatic rings. The van der Waals surface area contributed by atoms with E-state index in [0.717, 1.165) is 25.8 Å². The first-order valence-electron chi connectivity index (χ1n) is 11.2. The molecule has 12 nitrogen and oxygen atoms in total. The molecule has 1 aliphatic rings. The number of aliphatic carboxylic acids is 1. The fourth-order valence-corrected chi connectivity index (χ4v) is 2.87. The van der Waals surface area contributed by atoms with Gasteiger partial charge in [0.15, 0.2) is 12.4 Å². The van der Waals surface area contributed by atoms with Crippen molar-refractivity contribution in [1.82, 2.24) is 5.32 Å². The molecule has 0 amide bonds. The van der Waals surface area contributed by atoms with Crippen LogP contribution in [0, 0.1) is 0 Å². The van der Waals surface area contributed by atoms with Crippen LogP contribution in [0.4, 0.5) is 0 Å². The summed E-state index contributed by atoms with van der Waals surface area (Å²) < 4.78 is 26.1. The van der Waals surface area contributed by atoms with Crippen LogP contribution < -0.4 is 15.8 Å². The second-order valence-corrected chi connectivity index (χ2v) is 7.18. The van der Waals surface area contributed by atoms with Gasteiger partial charge in [0.05, 0.1) is 44.7 Å². The van der Waals surface area contributed by atoms with Crippen LogP contribution in [0.25, 0.3) is 0 Å². The zero-order valence-electron chi connectivity index (χ0n) is 20.7. The van der Waals surface area contributed by atoms with Gasteiger partial charge in [0, 0.05) is 40.2 Å². The average molecular weight is 505 g/mol. The lowest BCUT2D eigenvalue weighted by Crippen LogP contribution is -2.42. The van der Waals surface area contributed by atoms with Gasteiger partial charge in [-0.25, -0.2) is 4.79 Å². The number of nitrogens with one attached hydrogen (secondary N) is 1. The summed E-state index contributed by atoms with van der Waals surface area (Å²) in [6, 6.07) is 4.96. The van der Waals surface area contributed by atoms with E-state index in [2.05, 4.69) is 5.32 Å². The molecule has 202 valence electrons. The molecule has 1 aromatic carbocycles. The number of benzene rings is 1. The SMILES string of the molecule is CNCCOCCOCCN.CO.COCc1ccc(OC2CC(O)CC(C(=O)O)O2)c(C=O)c1. The maximum atomic E-state index is 11.2. The van der Waals surface area contributed by atoms with Crippen molar-refractivity contribution in [2.75, 3.05) is 60.8 Å². The molecular weight excluding hydrogens is 464 g/mol. The Bertz CT molecular complexity index is 684. The highest BCUT2D eigenvalue weighted by atomic mass is 16.7. The maximum absolute atomic E-state index is 11.2. The van der Waals surface area contributed by atoms with Gasteiger partial charge in [-0.05, 0) is 24.7 Å². The largest absolute Gasteiger partial charge is 0.479 e. The summed E-state index contributed by atoms with van der Waals surface area (Å²) in [6.45, 7) is 4.48. The smallest absolute Gasteiger partial charge is 0.333 e. The van der Waals surface area contributed by atoms with Gasteiger partial charge in [0.2, 0.25) is 6.29 Å². The number of aldehydes is 1. The lowest BCUT2D eigenvalue weighted by molar-refractivity contribution is -0.195. The van der Waals surface area contributed by atoms with Crippen molar-refractivity contribution < 1.29 is 48.6 Å². The van der Waals surface area contributed by atoms with Gasteiger partial charge in [-0.2, -0.15) is 0 Å².